The van der Waals surface area contributed by atoms with Gasteiger partial charge in [-0.2, -0.15) is 0 Å². The zero-order valence-electron chi connectivity index (χ0n) is 9.51. The zero-order valence-corrected chi connectivity index (χ0v) is 11.1. The van der Waals surface area contributed by atoms with Gasteiger partial charge in [0.2, 0.25) is 5.89 Å². The molecule has 0 saturated heterocycles. The van der Waals surface area contributed by atoms with Crippen molar-refractivity contribution in [2.75, 3.05) is 12.4 Å². The number of ether oxygens (including phenoxy) is 1. The monoisotopic (exact) mass is 285 g/mol. The summed E-state index contributed by atoms with van der Waals surface area (Å²) in [6, 6.07) is 7.35. The minimum absolute atomic E-state index is 0.254. The van der Waals surface area contributed by atoms with Gasteiger partial charge in [-0.05, 0) is 12.1 Å². The van der Waals surface area contributed by atoms with E-state index in [4.69, 9.17) is 26.5 Å². The summed E-state index contributed by atoms with van der Waals surface area (Å²) in [5.41, 5.74) is 5.37. The highest BCUT2D eigenvalue weighted by Crippen LogP contribution is 2.23. The highest BCUT2D eigenvalue weighted by Gasteiger charge is 2.05. The maximum atomic E-state index is 5.96. The molecule has 0 fully saturated rings. The summed E-state index contributed by atoms with van der Waals surface area (Å²) < 4.78 is 10.8. The van der Waals surface area contributed by atoms with Crippen molar-refractivity contribution in [3.05, 3.63) is 35.2 Å². The summed E-state index contributed by atoms with van der Waals surface area (Å²) in [5.74, 6) is 1.80. The van der Waals surface area contributed by atoms with Crippen LogP contribution in [0.25, 0.3) is 0 Å². The Hall–Kier alpha value is -1.24. The lowest BCUT2D eigenvalue weighted by molar-refractivity contribution is 0.343. The lowest BCUT2D eigenvalue weighted by Gasteiger charge is -2.05. The molecule has 1 aromatic carbocycles. The van der Waals surface area contributed by atoms with Crippen LogP contribution in [0.4, 0.5) is 0 Å². The van der Waals surface area contributed by atoms with E-state index in [0.29, 0.717) is 34.2 Å². The van der Waals surface area contributed by atoms with E-state index in [1.807, 2.05) is 18.2 Å². The Labute approximate surface area is 114 Å². The molecule has 0 spiro atoms. The molecule has 0 aliphatic heterocycles. The van der Waals surface area contributed by atoms with Crippen LogP contribution in [-0.4, -0.2) is 22.6 Å². The molecule has 2 aromatic rings. The van der Waals surface area contributed by atoms with Crippen LogP contribution in [0.2, 0.25) is 5.02 Å². The second kappa shape index (κ2) is 6.63. The summed E-state index contributed by atoms with van der Waals surface area (Å²) in [5, 5.41) is 8.70. The van der Waals surface area contributed by atoms with Gasteiger partial charge in [-0.3, -0.25) is 0 Å². The second-order valence-electron chi connectivity index (χ2n) is 3.29. The third-order valence-electron chi connectivity index (χ3n) is 2.03. The number of nitrogens with two attached hydrogens (primary N) is 1. The van der Waals surface area contributed by atoms with Gasteiger partial charge in [0.25, 0.3) is 5.22 Å². The van der Waals surface area contributed by atoms with Crippen LogP contribution in [0.5, 0.6) is 5.75 Å². The van der Waals surface area contributed by atoms with Crippen molar-refractivity contribution < 1.29 is 9.15 Å². The van der Waals surface area contributed by atoms with Crippen LogP contribution < -0.4 is 10.5 Å². The van der Waals surface area contributed by atoms with Gasteiger partial charge in [-0.1, -0.05) is 35.5 Å². The van der Waals surface area contributed by atoms with E-state index < -0.39 is 0 Å². The Balaban J connectivity index is 1.74. The Kier molecular flexibility index (Phi) is 4.86. The molecule has 7 heteroatoms. The van der Waals surface area contributed by atoms with Crippen LogP contribution in [-0.2, 0) is 6.54 Å². The first kappa shape index (κ1) is 13.2. The van der Waals surface area contributed by atoms with Crippen LogP contribution >= 0.6 is 23.4 Å². The van der Waals surface area contributed by atoms with Crippen molar-refractivity contribution in [2.45, 2.75) is 11.8 Å². The fourth-order valence-corrected chi connectivity index (χ4v) is 2.01. The molecule has 0 aliphatic rings. The minimum Gasteiger partial charge on any atom is -0.491 e. The third-order valence-corrected chi connectivity index (χ3v) is 3.12. The summed E-state index contributed by atoms with van der Waals surface area (Å²) in [6.07, 6.45) is 0. The molecule has 2 rings (SSSR count). The van der Waals surface area contributed by atoms with Gasteiger partial charge in [-0.25, -0.2) is 0 Å². The highest BCUT2D eigenvalue weighted by atomic mass is 35.5. The number of thioether (sulfide) groups is 1. The van der Waals surface area contributed by atoms with E-state index in [9.17, 15) is 0 Å². The molecule has 0 bridgehead atoms. The van der Waals surface area contributed by atoms with Gasteiger partial charge in [0.05, 0.1) is 18.2 Å². The number of hydrogen-bond acceptors (Lipinski definition) is 6. The van der Waals surface area contributed by atoms with E-state index in [1.54, 1.807) is 6.07 Å². The summed E-state index contributed by atoms with van der Waals surface area (Å²) >= 11 is 7.37. The smallest absolute Gasteiger partial charge is 0.276 e. The zero-order chi connectivity index (χ0) is 12.8. The Morgan fingerprint density at radius 3 is 2.89 bits per heavy atom. The van der Waals surface area contributed by atoms with Crippen LogP contribution in [0.15, 0.2) is 33.9 Å². The number of para-hydroxylation sites is 1. The van der Waals surface area contributed by atoms with E-state index >= 15 is 0 Å². The second-order valence-corrected chi connectivity index (χ2v) is 4.75. The van der Waals surface area contributed by atoms with Crippen molar-refractivity contribution >= 4 is 23.4 Å². The number of benzene rings is 1. The van der Waals surface area contributed by atoms with E-state index in [1.165, 1.54) is 11.8 Å². The number of aromatic nitrogens is 2. The van der Waals surface area contributed by atoms with Crippen LogP contribution in [0, 0.1) is 0 Å². The topological polar surface area (TPSA) is 74.2 Å². The number of hydrogen-bond donors (Lipinski definition) is 1. The van der Waals surface area contributed by atoms with Crippen molar-refractivity contribution in [2.24, 2.45) is 5.73 Å². The van der Waals surface area contributed by atoms with Gasteiger partial charge in [0, 0.05) is 5.75 Å². The van der Waals surface area contributed by atoms with Gasteiger partial charge < -0.3 is 14.9 Å². The van der Waals surface area contributed by atoms with E-state index in [2.05, 4.69) is 10.2 Å². The van der Waals surface area contributed by atoms with Crippen molar-refractivity contribution in [3.8, 4) is 5.75 Å². The first-order chi connectivity index (χ1) is 8.79. The quantitative estimate of drug-likeness (QED) is 0.649. The summed E-state index contributed by atoms with van der Waals surface area (Å²) in [7, 11) is 0. The molecule has 1 heterocycles. The molecule has 0 unspecified atom stereocenters. The third kappa shape index (κ3) is 3.63. The van der Waals surface area contributed by atoms with E-state index in [0.717, 1.165) is 0 Å². The molecule has 0 saturated carbocycles. The maximum absolute atomic E-state index is 5.96. The van der Waals surface area contributed by atoms with E-state index in [-0.39, 0.29) is 6.54 Å². The van der Waals surface area contributed by atoms with Gasteiger partial charge in [0.15, 0.2) is 0 Å². The van der Waals surface area contributed by atoms with Crippen LogP contribution in [0.3, 0.4) is 0 Å². The Morgan fingerprint density at radius 2 is 2.17 bits per heavy atom. The van der Waals surface area contributed by atoms with Gasteiger partial charge in [-0.15, -0.1) is 10.2 Å². The van der Waals surface area contributed by atoms with Crippen molar-refractivity contribution in [1.82, 2.24) is 10.2 Å². The molecule has 1 aromatic heterocycles. The fraction of sp³-hybridized carbons (Fsp3) is 0.273. The first-order valence-electron chi connectivity index (χ1n) is 5.32. The van der Waals surface area contributed by atoms with Crippen molar-refractivity contribution in [1.29, 1.82) is 0 Å². The standard InChI is InChI=1S/C11H12ClN3O2S/c12-8-3-1-2-4-9(8)16-5-6-18-11-15-14-10(7-13)17-11/h1-4H,5-7,13H2. The molecular formula is C11H12ClN3O2S. The molecule has 0 radical (unpaired) electrons. The molecule has 96 valence electrons. The maximum Gasteiger partial charge on any atom is 0.276 e. The van der Waals surface area contributed by atoms with Gasteiger partial charge >= 0.3 is 0 Å². The highest BCUT2D eigenvalue weighted by molar-refractivity contribution is 7.99. The lowest BCUT2D eigenvalue weighted by atomic mass is 10.3. The minimum atomic E-state index is 0.254. The van der Waals surface area contributed by atoms with Crippen LogP contribution in [0.1, 0.15) is 5.89 Å². The normalized spacial score (nSPS) is 10.6. The molecule has 0 atom stereocenters. The number of nitrogens with zero attached hydrogens (tertiary/aromatic N) is 2. The van der Waals surface area contributed by atoms with Crippen molar-refractivity contribution in [3.63, 3.8) is 0 Å². The van der Waals surface area contributed by atoms with Gasteiger partial charge in [0.1, 0.15) is 5.75 Å². The molecule has 0 aliphatic carbocycles. The average Bonchev–Trinajstić information content (AvgIpc) is 2.84. The molecule has 5 nitrogen and oxygen atoms in total. The predicted molar refractivity (Wildman–Crippen MR) is 69.9 cm³/mol. The first-order valence-corrected chi connectivity index (χ1v) is 6.68. The summed E-state index contributed by atoms with van der Waals surface area (Å²) in [4.78, 5) is 0. The SMILES string of the molecule is NCc1nnc(SCCOc2ccccc2Cl)o1. The Morgan fingerprint density at radius 1 is 1.33 bits per heavy atom. The number of rotatable bonds is 6. The average molecular weight is 286 g/mol. The number of halogens is 1. The summed E-state index contributed by atoms with van der Waals surface area (Å²) in [6.45, 7) is 0.762. The molecule has 0 amide bonds. The molecule has 2 N–H and O–H groups in total. The molecular weight excluding hydrogens is 274 g/mol. The molecule has 18 heavy (non-hydrogen) atoms. The predicted octanol–water partition coefficient (Wildman–Crippen LogP) is 2.35. The largest absolute Gasteiger partial charge is 0.491 e. The lowest BCUT2D eigenvalue weighted by Crippen LogP contribution is -2.00. The Bertz CT molecular complexity index is 507. The fourth-order valence-electron chi connectivity index (χ4n) is 1.22.